The first-order valence-electron chi connectivity index (χ1n) is 36.4. The van der Waals surface area contributed by atoms with Gasteiger partial charge in [-0.2, -0.15) is 0 Å². The summed E-state index contributed by atoms with van der Waals surface area (Å²) >= 11 is 0. The van der Waals surface area contributed by atoms with Crippen molar-refractivity contribution in [3.05, 3.63) is 72.9 Å². The first-order valence-corrected chi connectivity index (χ1v) is 37.9. The van der Waals surface area contributed by atoms with Crippen molar-refractivity contribution in [2.24, 2.45) is 5.73 Å². The molecule has 2 atom stereocenters. The molecule has 0 rings (SSSR count). The van der Waals surface area contributed by atoms with Crippen LogP contribution in [0.25, 0.3) is 0 Å². The Morgan fingerprint density at radius 1 is 0.365 bits per heavy atom. The molecule has 0 spiro atoms. The predicted octanol–water partition coefficient (Wildman–Crippen LogP) is 24.0. The van der Waals surface area contributed by atoms with E-state index in [-0.39, 0.29) is 38.6 Å². The molecule has 0 aromatic heterocycles. The van der Waals surface area contributed by atoms with E-state index in [0.29, 0.717) is 6.42 Å². The minimum atomic E-state index is -4.39. The third kappa shape index (κ3) is 70.4. The molecule has 0 amide bonds. The van der Waals surface area contributed by atoms with E-state index in [1.54, 1.807) is 0 Å². The highest BCUT2D eigenvalue weighted by molar-refractivity contribution is 7.47. The number of esters is 2. The molecule has 0 aliphatic heterocycles. The fraction of sp³-hybridized carbons (Fsp3) is 0.813. The summed E-state index contributed by atoms with van der Waals surface area (Å²) in [6.07, 6.45) is 93.0. The third-order valence-electron chi connectivity index (χ3n) is 16.1. The number of hydrogen-bond donors (Lipinski definition) is 2. The van der Waals surface area contributed by atoms with Crippen molar-refractivity contribution in [2.75, 3.05) is 26.4 Å². The summed E-state index contributed by atoms with van der Waals surface area (Å²) in [6.45, 7) is 3.70. The van der Waals surface area contributed by atoms with Crippen LogP contribution in [0.1, 0.15) is 361 Å². The molecule has 0 fully saturated rings. The molecule has 85 heavy (non-hydrogen) atoms. The number of carbonyl (C=O) groups is 2. The smallest absolute Gasteiger partial charge is 0.462 e. The highest BCUT2D eigenvalue weighted by atomic mass is 31.2. The monoisotopic (exact) mass is 1210 g/mol. The van der Waals surface area contributed by atoms with Gasteiger partial charge in [0, 0.05) is 19.4 Å². The molecule has 0 saturated carbocycles. The first kappa shape index (κ1) is 82.5. The minimum Gasteiger partial charge on any atom is -0.462 e. The number of nitrogens with two attached hydrogens (primary N) is 1. The number of phosphoric acid groups is 1. The molecule has 9 nitrogen and oxygen atoms in total. The molecular formula is C75H138NO8P. The van der Waals surface area contributed by atoms with Crippen molar-refractivity contribution >= 4 is 19.8 Å². The van der Waals surface area contributed by atoms with E-state index in [0.717, 1.165) is 70.6 Å². The first-order chi connectivity index (χ1) is 41.8. The van der Waals surface area contributed by atoms with Gasteiger partial charge in [-0.3, -0.25) is 18.6 Å². The lowest BCUT2D eigenvalue weighted by Gasteiger charge is -2.19. The van der Waals surface area contributed by atoms with Crippen LogP contribution in [0, 0.1) is 0 Å². The van der Waals surface area contributed by atoms with E-state index in [9.17, 15) is 19.0 Å². The van der Waals surface area contributed by atoms with Crippen LogP contribution in [0.15, 0.2) is 72.9 Å². The molecule has 0 radical (unpaired) electrons. The molecule has 0 aromatic rings. The molecule has 496 valence electrons. The molecule has 0 aliphatic carbocycles. The van der Waals surface area contributed by atoms with Crippen molar-refractivity contribution < 1.29 is 37.6 Å². The summed E-state index contributed by atoms with van der Waals surface area (Å²) in [7, 11) is -4.39. The van der Waals surface area contributed by atoms with E-state index in [2.05, 4.69) is 86.8 Å². The third-order valence-corrected chi connectivity index (χ3v) is 17.1. The minimum absolute atomic E-state index is 0.0553. The Bertz CT molecular complexity index is 1620. The highest BCUT2D eigenvalue weighted by Crippen LogP contribution is 2.43. The number of hydrogen-bond acceptors (Lipinski definition) is 8. The van der Waals surface area contributed by atoms with Gasteiger partial charge in [-0.05, 0) is 64.2 Å². The van der Waals surface area contributed by atoms with E-state index in [1.165, 1.54) is 257 Å². The standard InChI is InChI=1S/C75H138NO8P/c1-3-5-7-9-11-13-15-17-19-21-23-25-27-28-29-30-31-32-33-34-35-36-37-38-39-40-41-42-43-44-46-48-50-52-54-56-58-60-62-64-66-68-75(78)84-73(72-83-85(79,80)82-70-69-76)71-81-74(77)67-65-63-61-59-57-55-53-51-49-47-45-26-24-22-20-18-16-14-12-10-8-6-4-2/h5,7,11,13,17,19,23,25,28-29,31-32,73H,3-4,6,8-10,12,14-16,18,20-22,24,26-27,30,33-72,76H2,1-2H3,(H,79,80)/b7-5-,13-11-,19-17-,25-23-,29-28-,32-31-. The Labute approximate surface area is 526 Å². The van der Waals surface area contributed by atoms with Gasteiger partial charge in [0.2, 0.25) is 0 Å². The average Bonchev–Trinajstić information content (AvgIpc) is 3.52. The fourth-order valence-corrected chi connectivity index (χ4v) is 11.5. The lowest BCUT2D eigenvalue weighted by molar-refractivity contribution is -0.161. The second-order valence-corrected chi connectivity index (χ2v) is 25.9. The number of phosphoric ester groups is 1. The van der Waals surface area contributed by atoms with E-state index in [1.807, 2.05) is 0 Å². The van der Waals surface area contributed by atoms with Crippen LogP contribution >= 0.6 is 7.82 Å². The number of rotatable bonds is 69. The lowest BCUT2D eigenvalue weighted by Crippen LogP contribution is -2.29. The normalized spacial score (nSPS) is 13.3. The number of carbonyl (C=O) groups excluding carboxylic acids is 2. The molecule has 0 bridgehead atoms. The lowest BCUT2D eigenvalue weighted by atomic mass is 10.0. The summed E-state index contributed by atoms with van der Waals surface area (Å²) in [5.41, 5.74) is 5.40. The van der Waals surface area contributed by atoms with Crippen molar-refractivity contribution in [3.63, 3.8) is 0 Å². The van der Waals surface area contributed by atoms with Gasteiger partial charge < -0.3 is 20.1 Å². The molecule has 2 unspecified atom stereocenters. The summed E-state index contributed by atoms with van der Waals surface area (Å²) in [5.74, 6) is -0.806. The van der Waals surface area contributed by atoms with Crippen molar-refractivity contribution in [1.29, 1.82) is 0 Å². The SMILES string of the molecule is CC/C=C\C/C=C\C/C=C\C/C=C\C/C=C\C/C=C\CCCCCCCCCCCCCCCCCCCCCCCCC(=O)OC(COC(=O)CCCCCCCCCCCCCCCCCCCCCCCCC)COP(=O)(O)OCCN. The maximum Gasteiger partial charge on any atom is 0.472 e. The maximum absolute atomic E-state index is 12.8. The molecule has 0 aliphatic rings. The fourth-order valence-electron chi connectivity index (χ4n) is 10.8. The van der Waals surface area contributed by atoms with Gasteiger partial charge in [-0.1, -0.05) is 356 Å². The van der Waals surface area contributed by atoms with Crippen LogP contribution in [0.5, 0.6) is 0 Å². The summed E-state index contributed by atoms with van der Waals surface area (Å²) in [6, 6.07) is 0. The van der Waals surface area contributed by atoms with Gasteiger partial charge in [0.05, 0.1) is 13.2 Å². The van der Waals surface area contributed by atoms with Gasteiger partial charge in [0.25, 0.3) is 0 Å². The van der Waals surface area contributed by atoms with Gasteiger partial charge >= 0.3 is 19.8 Å². The Morgan fingerprint density at radius 2 is 0.647 bits per heavy atom. The Morgan fingerprint density at radius 3 is 0.965 bits per heavy atom. The summed E-state index contributed by atoms with van der Waals surface area (Å²) in [4.78, 5) is 35.4. The van der Waals surface area contributed by atoms with Crippen LogP contribution in [0.4, 0.5) is 0 Å². The van der Waals surface area contributed by atoms with Crippen LogP contribution in [-0.4, -0.2) is 49.3 Å². The molecular weight excluding hydrogens is 1070 g/mol. The van der Waals surface area contributed by atoms with Crippen LogP contribution in [0.2, 0.25) is 0 Å². The quantitative estimate of drug-likeness (QED) is 0.0264. The topological polar surface area (TPSA) is 134 Å². The Balaban J connectivity index is 3.78. The molecule has 0 saturated heterocycles. The zero-order chi connectivity index (χ0) is 61.6. The van der Waals surface area contributed by atoms with Crippen LogP contribution in [0.3, 0.4) is 0 Å². The largest absolute Gasteiger partial charge is 0.472 e. The van der Waals surface area contributed by atoms with Crippen LogP contribution < -0.4 is 5.73 Å². The Hall–Kier alpha value is -2.55. The van der Waals surface area contributed by atoms with E-state index >= 15 is 0 Å². The number of allylic oxidation sites excluding steroid dienone is 12. The molecule has 10 heteroatoms. The molecule has 0 aromatic carbocycles. The van der Waals surface area contributed by atoms with Crippen molar-refractivity contribution in [2.45, 2.75) is 367 Å². The van der Waals surface area contributed by atoms with Gasteiger partial charge in [-0.15, -0.1) is 0 Å². The molecule has 3 N–H and O–H groups in total. The van der Waals surface area contributed by atoms with Gasteiger partial charge in [0.1, 0.15) is 6.61 Å². The average molecular weight is 1210 g/mol. The zero-order valence-electron chi connectivity index (χ0n) is 55.8. The summed E-state index contributed by atoms with van der Waals surface area (Å²) in [5, 5.41) is 0. The van der Waals surface area contributed by atoms with Gasteiger partial charge in [-0.25, -0.2) is 4.57 Å². The Kier molecular flexibility index (Phi) is 68.4. The molecule has 0 heterocycles. The highest BCUT2D eigenvalue weighted by Gasteiger charge is 2.26. The maximum atomic E-state index is 12.8. The zero-order valence-corrected chi connectivity index (χ0v) is 56.7. The van der Waals surface area contributed by atoms with E-state index in [4.69, 9.17) is 24.3 Å². The second-order valence-electron chi connectivity index (χ2n) is 24.4. The predicted molar refractivity (Wildman–Crippen MR) is 367 cm³/mol. The van der Waals surface area contributed by atoms with E-state index < -0.39 is 26.5 Å². The summed E-state index contributed by atoms with van der Waals surface area (Å²) < 4.78 is 33.2. The van der Waals surface area contributed by atoms with Gasteiger partial charge in [0.15, 0.2) is 6.10 Å². The second kappa shape index (κ2) is 70.5. The number of ether oxygens (including phenoxy) is 2. The van der Waals surface area contributed by atoms with Crippen molar-refractivity contribution in [3.8, 4) is 0 Å². The van der Waals surface area contributed by atoms with Crippen molar-refractivity contribution in [1.82, 2.24) is 0 Å². The number of unbranched alkanes of at least 4 members (excludes halogenated alkanes) is 44. The van der Waals surface area contributed by atoms with Crippen LogP contribution in [-0.2, 0) is 32.7 Å².